The average molecular weight is 496 g/mol. The van der Waals surface area contributed by atoms with E-state index in [9.17, 15) is 18.0 Å². The summed E-state index contributed by atoms with van der Waals surface area (Å²) in [4.78, 5) is 24.0. The van der Waals surface area contributed by atoms with Gasteiger partial charge in [0.15, 0.2) is 0 Å². The molecule has 0 spiro atoms. The molecule has 4 rings (SSSR count). The van der Waals surface area contributed by atoms with Crippen LogP contribution in [0.4, 0.5) is 5.13 Å². The smallest absolute Gasteiger partial charge is 0.269 e. The van der Waals surface area contributed by atoms with Crippen molar-refractivity contribution in [1.29, 1.82) is 5.26 Å². The first-order valence-electron chi connectivity index (χ1n) is 9.96. The van der Waals surface area contributed by atoms with Gasteiger partial charge in [-0.15, -0.1) is 10.2 Å². The molecule has 172 valence electrons. The summed E-state index contributed by atoms with van der Waals surface area (Å²) in [6, 6.07) is 11.1. The second-order valence-electron chi connectivity index (χ2n) is 7.14. The minimum atomic E-state index is -3.83. The van der Waals surface area contributed by atoms with E-state index < -0.39 is 21.8 Å². The third-order valence-electron chi connectivity index (χ3n) is 4.94. The fraction of sp³-hybridized carbons (Fsp3) is 0.136. The number of sulfonamides is 1. The molecule has 1 aliphatic heterocycles. The molecule has 1 aromatic carbocycles. The van der Waals surface area contributed by atoms with Crippen LogP contribution >= 0.6 is 11.3 Å². The number of anilines is 1. The number of nitriles is 1. The highest BCUT2D eigenvalue weighted by Gasteiger charge is 2.27. The van der Waals surface area contributed by atoms with Crippen molar-refractivity contribution in [2.45, 2.75) is 25.2 Å². The number of imide groups is 1. The summed E-state index contributed by atoms with van der Waals surface area (Å²) in [6.45, 7) is 3.42. The molecular weight excluding hydrogens is 478 g/mol. The largest absolute Gasteiger partial charge is 0.457 e. The Balaban J connectivity index is 1.56. The summed E-state index contributed by atoms with van der Waals surface area (Å²) in [6.07, 6.45) is 2.10. The molecule has 0 aliphatic carbocycles. The van der Waals surface area contributed by atoms with Gasteiger partial charge in [0.1, 0.15) is 28.2 Å². The third-order valence-corrected chi connectivity index (χ3v) is 7.41. The molecule has 0 unspecified atom stereocenters. The van der Waals surface area contributed by atoms with Crippen LogP contribution in [0.25, 0.3) is 17.4 Å². The lowest BCUT2D eigenvalue weighted by atomic mass is 9.96. The molecule has 1 aliphatic rings. The van der Waals surface area contributed by atoms with Gasteiger partial charge in [-0.3, -0.25) is 19.6 Å². The Kier molecular flexibility index (Phi) is 6.14. The molecular formula is C22H17N5O5S2. The van der Waals surface area contributed by atoms with Crippen LogP contribution in [-0.4, -0.2) is 30.4 Å². The van der Waals surface area contributed by atoms with Gasteiger partial charge in [-0.25, -0.2) is 8.42 Å². The SMILES string of the molecule is CCc1nnc(NS(=O)(=O)c2ccc(-c3ccc(/C=C4\C(=O)NC(=O)C(C#N)=C4C)o3)cc2)s1. The predicted octanol–water partition coefficient (Wildman–Crippen LogP) is 3.04. The van der Waals surface area contributed by atoms with Crippen LogP contribution in [0.2, 0.25) is 0 Å². The van der Waals surface area contributed by atoms with Crippen molar-refractivity contribution >= 4 is 44.4 Å². The standard InChI is InChI=1S/C22H17N5O5S2/c1-3-19-25-26-22(33-19)27-34(30,31)15-7-4-13(5-8-15)18-9-6-14(32-18)10-16-12(2)17(11-23)21(29)24-20(16)28/h4-10H,3H2,1-2H3,(H,26,27)(H,24,28,29)/b16-10-. The van der Waals surface area contributed by atoms with Crippen molar-refractivity contribution in [3.63, 3.8) is 0 Å². The molecule has 0 saturated heterocycles. The summed E-state index contributed by atoms with van der Waals surface area (Å²) in [7, 11) is -3.83. The van der Waals surface area contributed by atoms with Crippen LogP contribution in [0.3, 0.4) is 0 Å². The van der Waals surface area contributed by atoms with Crippen molar-refractivity contribution in [2.24, 2.45) is 0 Å². The number of hydrogen-bond donors (Lipinski definition) is 2. The Morgan fingerprint density at radius 1 is 1.15 bits per heavy atom. The summed E-state index contributed by atoms with van der Waals surface area (Å²) < 4.78 is 33.4. The lowest BCUT2D eigenvalue weighted by molar-refractivity contribution is -0.126. The van der Waals surface area contributed by atoms with E-state index in [4.69, 9.17) is 9.68 Å². The fourth-order valence-electron chi connectivity index (χ4n) is 3.15. The topological polar surface area (TPSA) is 155 Å². The highest BCUT2D eigenvalue weighted by atomic mass is 32.2. The molecule has 10 nitrogen and oxygen atoms in total. The molecule has 0 radical (unpaired) electrons. The maximum absolute atomic E-state index is 12.6. The van der Waals surface area contributed by atoms with Crippen LogP contribution in [0.15, 0.2) is 62.4 Å². The minimum Gasteiger partial charge on any atom is -0.457 e. The molecule has 0 fully saturated rings. The number of carbonyl (C=O) groups is 2. The zero-order valence-corrected chi connectivity index (χ0v) is 19.6. The summed E-state index contributed by atoms with van der Waals surface area (Å²) in [5.41, 5.74) is 0.883. The molecule has 12 heteroatoms. The summed E-state index contributed by atoms with van der Waals surface area (Å²) in [5, 5.41) is 19.9. The van der Waals surface area contributed by atoms with Crippen molar-refractivity contribution in [3.8, 4) is 17.4 Å². The van der Waals surface area contributed by atoms with Crippen LogP contribution in [-0.2, 0) is 26.0 Å². The van der Waals surface area contributed by atoms with Gasteiger partial charge in [0.2, 0.25) is 5.13 Å². The van der Waals surface area contributed by atoms with E-state index >= 15 is 0 Å². The maximum atomic E-state index is 12.6. The van der Waals surface area contributed by atoms with Gasteiger partial charge in [-0.1, -0.05) is 18.3 Å². The van der Waals surface area contributed by atoms with Gasteiger partial charge >= 0.3 is 0 Å². The zero-order chi connectivity index (χ0) is 24.5. The first-order chi connectivity index (χ1) is 16.2. The molecule has 0 saturated carbocycles. The zero-order valence-electron chi connectivity index (χ0n) is 17.9. The molecule has 2 amide bonds. The van der Waals surface area contributed by atoms with Crippen LogP contribution in [0.5, 0.6) is 0 Å². The average Bonchev–Trinajstić information content (AvgIpc) is 3.46. The number of aromatic nitrogens is 2. The molecule has 3 aromatic rings. The molecule has 34 heavy (non-hydrogen) atoms. The van der Waals surface area contributed by atoms with E-state index in [1.54, 1.807) is 30.3 Å². The van der Waals surface area contributed by atoms with Crippen LogP contribution in [0, 0.1) is 11.3 Å². The number of nitrogens with zero attached hydrogens (tertiary/aromatic N) is 3. The molecule has 0 atom stereocenters. The summed E-state index contributed by atoms with van der Waals surface area (Å²) in [5.74, 6) is -0.589. The molecule has 2 aromatic heterocycles. The van der Waals surface area contributed by atoms with Gasteiger partial charge in [-0.2, -0.15) is 5.26 Å². The van der Waals surface area contributed by atoms with E-state index in [1.165, 1.54) is 36.5 Å². The fourth-order valence-corrected chi connectivity index (χ4v) is 5.06. The van der Waals surface area contributed by atoms with Crippen LogP contribution < -0.4 is 10.0 Å². The lowest BCUT2D eigenvalue weighted by Crippen LogP contribution is -2.37. The van der Waals surface area contributed by atoms with Crippen molar-refractivity contribution in [3.05, 3.63) is 63.9 Å². The van der Waals surface area contributed by atoms with Gasteiger partial charge in [0.25, 0.3) is 21.8 Å². The Morgan fingerprint density at radius 2 is 1.88 bits per heavy atom. The van der Waals surface area contributed by atoms with Crippen molar-refractivity contribution < 1.29 is 22.4 Å². The van der Waals surface area contributed by atoms with Crippen molar-refractivity contribution in [1.82, 2.24) is 15.5 Å². The number of aryl methyl sites for hydroxylation is 1. The lowest BCUT2D eigenvalue weighted by Gasteiger charge is -2.15. The summed E-state index contributed by atoms with van der Waals surface area (Å²) >= 11 is 1.17. The first kappa shape index (κ1) is 23.1. The maximum Gasteiger partial charge on any atom is 0.269 e. The van der Waals surface area contributed by atoms with Gasteiger partial charge in [-0.05, 0) is 61.4 Å². The van der Waals surface area contributed by atoms with E-state index in [0.717, 1.165) is 5.01 Å². The van der Waals surface area contributed by atoms with Crippen molar-refractivity contribution in [2.75, 3.05) is 4.72 Å². The van der Waals surface area contributed by atoms with E-state index in [1.807, 2.05) is 6.92 Å². The molecule has 3 heterocycles. The van der Waals surface area contributed by atoms with Crippen LogP contribution in [0.1, 0.15) is 24.6 Å². The monoisotopic (exact) mass is 495 g/mol. The van der Waals surface area contributed by atoms with Gasteiger partial charge in [0.05, 0.1) is 4.90 Å². The second kappa shape index (κ2) is 9.05. The normalized spacial score (nSPS) is 15.4. The second-order valence-corrected chi connectivity index (χ2v) is 9.88. The number of amides is 2. The van der Waals surface area contributed by atoms with E-state index in [0.29, 0.717) is 23.5 Å². The quantitative estimate of drug-likeness (QED) is 0.390. The Labute approximate surface area is 198 Å². The predicted molar refractivity (Wildman–Crippen MR) is 124 cm³/mol. The highest BCUT2D eigenvalue weighted by molar-refractivity contribution is 7.93. The number of furan rings is 1. The molecule has 0 bridgehead atoms. The first-order valence-corrected chi connectivity index (χ1v) is 12.3. The number of carbonyl (C=O) groups excluding carboxylic acids is 2. The van der Waals surface area contributed by atoms with Gasteiger partial charge < -0.3 is 4.42 Å². The number of nitrogens with one attached hydrogen (secondary N) is 2. The minimum absolute atomic E-state index is 0.0479. The highest BCUT2D eigenvalue weighted by Crippen LogP contribution is 2.28. The Morgan fingerprint density at radius 3 is 2.53 bits per heavy atom. The number of hydrogen-bond acceptors (Lipinski definition) is 9. The van der Waals surface area contributed by atoms with Gasteiger partial charge in [0, 0.05) is 11.1 Å². The van der Waals surface area contributed by atoms with E-state index in [-0.39, 0.29) is 26.7 Å². The Bertz CT molecular complexity index is 1510. The van der Waals surface area contributed by atoms with E-state index in [2.05, 4.69) is 20.2 Å². The number of rotatable bonds is 6. The Hall–Kier alpha value is -4.08. The molecule has 2 N–H and O–H groups in total. The third kappa shape index (κ3) is 4.52. The number of benzene rings is 1.